The average molecular weight is 248 g/mol. The van der Waals surface area contributed by atoms with Crippen LogP contribution in [0.25, 0.3) is 0 Å². The molecule has 0 radical (unpaired) electrons. The van der Waals surface area contributed by atoms with Gasteiger partial charge in [0.25, 0.3) is 0 Å². The molecule has 0 unspecified atom stereocenters. The number of nitrogens with two attached hydrogens (primary N) is 1. The van der Waals surface area contributed by atoms with E-state index in [2.05, 4.69) is 21.8 Å². The van der Waals surface area contributed by atoms with Crippen molar-refractivity contribution in [1.82, 2.24) is 9.97 Å². The van der Waals surface area contributed by atoms with Gasteiger partial charge in [-0.15, -0.1) is 0 Å². The quantitative estimate of drug-likeness (QED) is 0.893. The van der Waals surface area contributed by atoms with E-state index in [4.69, 9.17) is 5.73 Å². The van der Waals surface area contributed by atoms with Gasteiger partial charge in [-0.2, -0.15) is 0 Å². The molecule has 2 heterocycles. The summed E-state index contributed by atoms with van der Waals surface area (Å²) >= 11 is 0. The van der Waals surface area contributed by atoms with Crippen LogP contribution in [0.1, 0.15) is 44.0 Å². The molecule has 0 saturated carbocycles. The second-order valence-corrected chi connectivity index (χ2v) is 5.32. The van der Waals surface area contributed by atoms with Crippen LogP contribution in [0, 0.1) is 19.8 Å². The van der Waals surface area contributed by atoms with Gasteiger partial charge in [0, 0.05) is 18.7 Å². The van der Waals surface area contributed by atoms with E-state index in [-0.39, 0.29) is 0 Å². The molecule has 1 aromatic heterocycles. The second kappa shape index (κ2) is 5.55. The van der Waals surface area contributed by atoms with Gasteiger partial charge < -0.3 is 10.6 Å². The molecule has 1 fully saturated rings. The summed E-state index contributed by atoms with van der Waals surface area (Å²) < 4.78 is 0. The van der Waals surface area contributed by atoms with Crippen LogP contribution in [-0.2, 0) is 0 Å². The standard InChI is InChI=1S/C14H24N4/c1-4-5-12-6-8-18(9-7-12)14-10(2)13(15)16-11(3)17-14/h12H,4-9H2,1-3H3,(H2,15,16,17). The molecule has 18 heavy (non-hydrogen) atoms. The SMILES string of the molecule is CCCC1CCN(c2nc(C)nc(N)c2C)CC1. The maximum absolute atomic E-state index is 5.93. The summed E-state index contributed by atoms with van der Waals surface area (Å²) in [7, 11) is 0. The largest absolute Gasteiger partial charge is 0.383 e. The lowest BCUT2D eigenvalue weighted by Crippen LogP contribution is -2.35. The predicted octanol–water partition coefficient (Wildman–Crippen LogP) is 2.69. The van der Waals surface area contributed by atoms with Crippen molar-refractivity contribution in [2.45, 2.75) is 46.5 Å². The van der Waals surface area contributed by atoms with Gasteiger partial charge in [-0.3, -0.25) is 0 Å². The number of nitrogens with zero attached hydrogens (tertiary/aromatic N) is 3. The molecule has 0 aromatic carbocycles. The first-order valence-electron chi connectivity index (χ1n) is 6.97. The van der Waals surface area contributed by atoms with Crippen molar-refractivity contribution in [3.05, 3.63) is 11.4 Å². The summed E-state index contributed by atoms with van der Waals surface area (Å²) in [5.41, 5.74) is 6.95. The zero-order valence-corrected chi connectivity index (χ0v) is 11.7. The zero-order chi connectivity index (χ0) is 13.1. The Morgan fingerprint density at radius 3 is 2.50 bits per heavy atom. The van der Waals surface area contributed by atoms with Crippen molar-refractivity contribution < 1.29 is 0 Å². The molecule has 2 rings (SSSR count). The Morgan fingerprint density at radius 1 is 1.22 bits per heavy atom. The number of rotatable bonds is 3. The van der Waals surface area contributed by atoms with Crippen molar-refractivity contribution >= 4 is 11.6 Å². The van der Waals surface area contributed by atoms with Crippen LogP contribution in [0.3, 0.4) is 0 Å². The average Bonchev–Trinajstić information content (AvgIpc) is 2.35. The fourth-order valence-corrected chi connectivity index (χ4v) is 2.78. The molecule has 100 valence electrons. The summed E-state index contributed by atoms with van der Waals surface area (Å²) in [6.07, 6.45) is 5.20. The third-order valence-electron chi connectivity index (χ3n) is 3.88. The molecular weight excluding hydrogens is 224 g/mol. The highest BCUT2D eigenvalue weighted by atomic mass is 15.2. The molecule has 0 aliphatic carbocycles. The molecule has 1 saturated heterocycles. The topological polar surface area (TPSA) is 55.0 Å². The summed E-state index contributed by atoms with van der Waals surface area (Å²) in [4.78, 5) is 11.1. The molecule has 2 N–H and O–H groups in total. The summed E-state index contributed by atoms with van der Waals surface area (Å²) in [5, 5.41) is 0. The highest BCUT2D eigenvalue weighted by molar-refractivity contribution is 5.56. The van der Waals surface area contributed by atoms with Crippen molar-refractivity contribution in [3.8, 4) is 0 Å². The molecule has 1 aliphatic heterocycles. The van der Waals surface area contributed by atoms with Crippen molar-refractivity contribution in [2.75, 3.05) is 23.7 Å². The molecule has 4 nitrogen and oxygen atoms in total. The molecule has 0 bridgehead atoms. The number of nitrogen functional groups attached to an aromatic ring is 1. The number of anilines is 2. The lowest BCUT2D eigenvalue weighted by Gasteiger charge is -2.33. The van der Waals surface area contributed by atoms with Gasteiger partial charge in [0.15, 0.2) is 0 Å². The van der Waals surface area contributed by atoms with Crippen molar-refractivity contribution in [2.24, 2.45) is 5.92 Å². The zero-order valence-electron chi connectivity index (χ0n) is 11.7. The van der Waals surface area contributed by atoms with Gasteiger partial charge in [0.1, 0.15) is 17.5 Å². The minimum absolute atomic E-state index is 0.619. The third kappa shape index (κ3) is 2.74. The van der Waals surface area contributed by atoms with Crippen LogP contribution < -0.4 is 10.6 Å². The second-order valence-electron chi connectivity index (χ2n) is 5.32. The lowest BCUT2D eigenvalue weighted by molar-refractivity contribution is 0.377. The van der Waals surface area contributed by atoms with Crippen LogP contribution >= 0.6 is 0 Å². The van der Waals surface area contributed by atoms with Gasteiger partial charge >= 0.3 is 0 Å². The van der Waals surface area contributed by atoms with E-state index in [1.54, 1.807) is 0 Å². The number of piperidine rings is 1. The minimum Gasteiger partial charge on any atom is -0.383 e. The fourth-order valence-electron chi connectivity index (χ4n) is 2.78. The van der Waals surface area contributed by atoms with E-state index in [9.17, 15) is 0 Å². The predicted molar refractivity (Wildman–Crippen MR) is 75.8 cm³/mol. The van der Waals surface area contributed by atoms with Crippen LogP contribution in [-0.4, -0.2) is 23.1 Å². The maximum atomic E-state index is 5.93. The molecule has 0 amide bonds. The minimum atomic E-state index is 0.619. The van der Waals surface area contributed by atoms with Gasteiger partial charge in [0.2, 0.25) is 0 Å². The van der Waals surface area contributed by atoms with Crippen LogP contribution in [0.5, 0.6) is 0 Å². The number of aromatic nitrogens is 2. The Bertz CT molecular complexity index is 409. The first-order valence-corrected chi connectivity index (χ1v) is 6.97. The van der Waals surface area contributed by atoms with Gasteiger partial charge in [-0.25, -0.2) is 9.97 Å². The first-order chi connectivity index (χ1) is 8.61. The fraction of sp³-hybridized carbons (Fsp3) is 0.714. The van der Waals surface area contributed by atoms with E-state index in [1.807, 2.05) is 13.8 Å². The third-order valence-corrected chi connectivity index (χ3v) is 3.88. The number of hydrogen-bond acceptors (Lipinski definition) is 4. The Kier molecular flexibility index (Phi) is 4.04. The Hall–Kier alpha value is -1.32. The van der Waals surface area contributed by atoms with E-state index < -0.39 is 0 Å². The lowest BCUT2D eigenvalue weighted by atomic mass is 9.92. The van der Waals surface area contributed by atoms with Gasteiger partial charge in [0.05, 0.1) is 0 Å². The van der Waals surface area contributed by atoms with E-state index >= 15 is 0 Å². The van der Waals surface area contributed by atoms with Crippen LogP contribution in [0.2, 0.25) is 0 Å². The van der Waals surface area contributed by atoms with Crippen LogP contribution in [0.4, 0.5) is 11.6 Å². The summed E-state index contributed by atoms with van der Waals surface area (Å²) in [6.45, 7) is 8.39. The Labute approximate surface area is 110 Å². The first kappa shape index (κ1) is 13.1. The van der Waals surface area contributed by atoms with E-state index in [1.165, 1.54) is 25.7 Å². The van der Waals surface area contributed by atoms with E-state index in [0.717, 1.165) is 36.2 Å². The van der Waals surface area contributed by atoms with Crippen molar-refractivity contribution in [1.29, 1.82) is 0 Å². The van der Waals surface area contributed by atoms with Gasteiger partial charge in [-0.05, 0) is 32.6 Å². The highest BCUT2D eigenvalue weighted by Gasteiger charge is 2.21. The monoisotopic (exact) mass is 248 g/mol. The smallest absolute Gasteiger partial charge is 0.137 e. The van der Waals surface area contributed by atoms with Crippen molar-refractivity contribution in [3.63, 3.8) is 0 Å². The molecule has 1 aliphatic rings. The molecule has 0 spiro atoms. The number of aryl methyl sites for hydroxylation is 1. The Balaban J connectivity index is 2.10. The molecule has 4 heteroatoms. The highest BCUT2D eigenvalue weighted by Crippen LogP contribution is 2.28. The molecule has 0 atom stereocenters. The molecule has 1 aromatic rings. The maximum Gasteiger partial charge on any atom is 0.137 e. The van der Waals surface area contributed by atoms with Gasteiger partial charge in [-0.1, -0.05) is 19.8 Å². The number of hydrogen-bond donors (Lipinski definition) is 1. The van der Waals surface area contributed by atoms with Crippen LogP contribution in [0.15, 0.2) is 0 Å². The normalized spacial score (nSPS) is 17.2. The summed E-state index contributed by atoms with van der Waals surface area (Å²) in [5.74, 6) is 3.32. The Morgan fingerprint density at radius 2 is 1.89 bits per heavy atom. The van der Waals surface area contributed by atoms with E-state index in [0.29, 0.717) is 5.82 Å². The molecular formula is C14H24N4. The summed E-state index contributed by atoms with van der Waals surface area (Å²) in [6, 6.07) is 0.